The number of carbonyl (C=O) groups excluding carboxylic acids is 1. The Kier molecular flexibility index (Phi) is 4.64. The number of aromatic amines is 1. The number of benzene rings is 1. The van der Waals surface area contributed by atoms with E-state index in [1.54, 1.807) is 13.1 Å². The Morgan fingerprint density at radius 2 is 2.12 bits per heavy atom. The first-order valence-electron chi connectivity index (χ1n) is 8.03. The van der Waals surface area contributed by atoms with Crippen molar-refractivity contribution in [3.05, 3.63) is 46.0 Å². The highest BCUT2D eigenvalue weighted by atomic mass is 32.2. The first kappa shape index (κ1) is 17.6. The normalized spacial score (nSPS) is 19.2. The van der Waals surface area contributed by atoms with E-state index in [1.807, 2.05) is 0 Å². The Bertz CT molecular complexity index is 984. The maximum atomic E-state index is 13.3. The number of hydrogen-bond acceptors (Lipinski definition) is 4. The third-order valence-corrected chi connectivity index (χ3v) is 6.39. The standard InChI is InChI=1S/C17H19FN2O4S/c1-20(14-6-7-25(23,24)10-14)16(21)5-2-11-8-12-9-13(18)3-4-15(12)19-17(11)22/h3-4,8-9,14H,2,5-7,10H2,1H3,(H,19,22). The van der Waals surface area contributed by atoms with Crippen molar-refractivity contribution in [2.45, 2.75) is 25.3 Å². The molecular weight excluding hydrogens is 347 g/mol. The number of sulfone groups is 1. The largest absolute Gasteiger partial charge is 0.342 e. The summed E-state index contributed by atoms with van der Waals surface area (Å²) >= 11 is 0. The lowest BCUT2D eigenvalue weighted by Crippen LogP contribution is -2.38. The van der Waals surface area contributed by atoms with E-state index in [2.05, 4.69) is 4.98 Å². The zero-order valence-electron chi connectivity index (χ0n) is 13.8. The highest BCUT2D eigenvalue weighted by molar-refractivity contribution is 7.91. The first-order chi connectivity index (χ1) is 11.7. The number of halogens is 1. The lowest BCUT2D eigenvalue weighted by Gasteiger charge is -2.23. The molecule has 1 aromatic carbocycles. The van der Waals surface area contributed by atoms with Gasteiger partial charge in [-0.25, -0.2) is 12.8 Å². The molecule has 1 fully saturated rings. The van der Waals surface area contributed by atoms with Crippen LogP contribution >= 0.6 is 0 Å². The second-order valence-electron chi connectivity index (χ2n) is 6.42. The maximum Gasteiger partial charge on any atom is 0.251 e. The molecule has 2 heterocycles. The average molecular weight is 366 g/mol. The van der Waals surface area contributed by atoms with Crippen molar-refractivity contribution >= 4 is 26.6 Å². The number of rotatable bonds is 4. The molecule has 134 valence electrons. The van der Waals surface area contributed by atoms with Gasteiger partial charge in [-0.15, -0.1) is 0 Å². The Hall–Kier alpha value is -2.22. The number of carbonyl (C=O) groups is 1. The third-order valence-electron chi connectivity index (χ3n) is 4.64. The van der Waals surface area contributed by atoms with Crippen molar-refractivity contribution in [1.82, 2.24) is 9.88 Å². The minimum absolute atomic E-state index is 0.00885. The fourth-order valence-corrected chi connectivity index (χ4v) is 4.89. The molecule has 1 N–H and O–H groups in total. The Balaban J connectivity index is 1.70. The summed E-state index contributed by atoms with van der Waals surface area (Å²) in [5.41, 5.74) is 0.631. The van der Waals surface area contributed by atoms with Crippen molar-refractivity contribution in [3.63, 3.8) is 0 Å². The van der Waals surface area contributed by atoms with E-state index in [0.717, 1.165) is 0 Å². The van der Waals surface area contributed by atoms with Crippen LogP contribution in [0.3, 0.4) is 0 Å². The number of nitrogens with zero attached hydrogens (tertiary/aromatic N) is 1. The molecule has 1 amide bonds. The van der Waals surface area contributed by atoms with E-state index in [1.165, 1.54) is 23.1 Å². The molecule has 3 rings (SSSR count). The molecule has 8 heteroatoms. The van der Waals surface area contributed by atoms with Gasteiger partial charge in [0.05, 0.1) is 11.5 Å². The second-order valence-corrected chi connectivity index (χ2v) is 8.65. The van der Waals surface area contributed by atoms with Gasteiger partial charge in [-0.3, -0.25) is 9.59 Å². The minimum atomic E-state index is -3.06. The van der Waals surface area contributed by atoms with Crippen LogP contribution in [0.25, 0.3) is 10.9 Å². The van der Waals surface area contributed by atoms with E-state index < -0.39 is 15.7 Å². The number of nitrogens with one attached hydrogen (secondary N) is 1. The molecule has 0 bridgehead atoms. The first-order valence-corrected chi connectivity index (χ1v) is 9.85. The van der Waals surface area contributed by atoms with Crippen molar-refractivity contribution in [3.8, 4) is 0 Å². The topological polar surface area (TPSA) is 87.3 Å². The van der Waals surface area contributed by atoms with Gasteiger partial charge in [-0.2, -0.15) is 0 Å². The van der Waals surface area contributed by atoms with Gasteiger partial charge in [-0.05, 0) is 37.1 Å². The maximum absolute atomic E-state index is 13.3. The molecule has 1 saturated heterocycles. The quantitative estimate of drug-likeness (QED) is 0.882. The van der Waals surface area contributed by atoms with Crippen LogP contribution in [0.4, 0.5) is 4.39 Å². The predicted octanol–water partition coefficient (Wildman–Crippen LogP) is 1.25. The van der Waals surface area contributed by atoms with E-state index in [-0.39, 0.29) is 41.9 Å². The predicted molar refractivity (Wildman–Crippen MR) is 92.7 cm³/mol. The van der Waals surface area contributed by atoms with E-state index >= 15 is 0 Å². The third kappa shape index (κ3) is 3.89. The number of amides is 1. The number of H-pyrrole nitrogens is 1. The zero-order chi connectivity index (χ0) is 18.2. The SMILES string of the molecule is CN(C(=O)CCc1cc2cc(F)ccc2[nH]c1=O)C1CCS(=O)(=O)C1. The molecule has 1 atom stereocenters. The summed E-state index contributed by atoms with van der Waals surface area (Å²) in [7, 11) is -1.47. The molecule has 0 aliphatic carbocycles. The Morgan fingerprint density at radius 1 is 1.36 bits per heavy atom. The van der Waals surface area contributed by atoms with Crippen molar-refractivity contribution in [2.75, 3.05) is 18.6 Å². The molecule has 1 aliphatic rings. The van der Waals surface area contributed by atoms with Gasteiger partial charge in [0, 0.05) is 36.0 Å². The van der Waals surface area contributed by atoms with Crippen LogP contribution in [0.5, 0.6) is 0 Å². The van der Waals surface area contributed by atoms with Crippen LogP contribution in [0.15, 0.2) is 29.1 Å². The molecule has 2 aromatic rings. The summed E-state index contributed by atoms with van der Waals surface area (Å²) < 4.78 is 36.4. The summed E-state index contributed by atoms with van der Waals surface area (Å²) in [6, 6.07) is 5.37. The second kappa shape index (κ2) is 6.59. The average Bonchev–Trinajstić information content (AvgIpc) is 2.92. The molecule has 1 aromatic heterocycles. The van der Waals surface area contributed by atoms with Crippen molar-refractivity contribution < 1.29 is 17.6 Å². The fourth-order valence-electron chi connectivity index (χ4n) is 3.11. The van der Waals surface area contributed by atoms with Gasteiger partial charge < -0.3 is 9.88 Å². The molecule has 6 nitrogen and oxygen atoms in total. The zero-order valence-corrected chi connectivity index (χ0v) is 14.6. The van der Waals surface area contributed by atoms with Crippen LogP contribution in [-0.2, 0) is 21.1 Å². The van der Waals surface area contributed by atoms with Gasteiger partial charge in [-0.1, -0.05) is 0 Å². The molecule has 25 heavy (non-hydrogen) atoms. The van der Waals surface area contributed by atoms with Gasteiger partial charge in [0.2, 0.25) is 5.91 Å². The summed E-state index contributed by atoms with van der Waals surface area (Å²) in [6.07, 6.45) is 0.752. The number of hydrogen-bond donors (Lipinski definition) is 1. The molecule has 1 aliphatic heterocycles. The summed E-state index contributed by atoms with van der Waals surface area (Å²) in [5.74, 6) is -0.513. The van der Waals surface area contributed by atoms with Crippen LogP contribution in [-0.4, -0.2) is 48.8 Å². The van der Waals surface area contributed by atoms with Crippen molar-refractivity contribution in [2.24, 2.45) is 0 Å². The summed E-state index contributed by atoms with van der Waals surface area (Å²) in [6.45, 7) is 0. The van der Waals surface area contributed by atoms with Gasteiger partial charge in [0.15, 0.2) is 9.84 Å². The van der Waals surface area contributed by atoms with Gasteiger partial charge in [0.25, 0.3) is 5.56 Å². The fraction of sp³-hybridized carbons (Fsp3) is 0.412. The summed E-state index contributed by atoms with van der Waals surface area (Å²) in [4.78, 5) is 28.5. The smallest absolute Gasteiger partial charge is 0.251 e. The number of fused-ring (bicyclic) bond motifs is 1. The van der Waals surface area contributed by atoms with Gasteiger partial charge in [0.1, 0.15) is 5.82 Å². The number of aromatic nitrogens is 1. The van der Waals surface area contributed by atoms with Gasteiger partial charge >= 0.3 is 0 Å². The van der Waals surface area contributed by atoms with Crippen LogP contribution in [0, 0.1) is 5.82 Å². The van der Waals surface area contributed by atoms with Crippen LogP contribution < -0.4 is 5.56 Å². The minimum Gasteiger partial charge on any atom is -0.342 e. The Labute approximate surface area is 144 Å². The summed E-state index contributed by atoms with van der Waals surface area (Å²) in [5, 5.41) is 0.567. The Morgan fingerprint density at radius 3 is 2.80 bits per heavy atom. The van der Waals surface area contributed by atoms with E-state index in [4.69, 9.17) is 0 Å². The molecule has 0 radical (unpaired) electrons. The monoisotopic (exact) mass is 366 g/mol. The highest BCUT2D eigenvalue weighted by Crippen LogP contribution is 2.18. The lowest BCUT2D eigenvalue weighted by atomic mass is 10.1. The van der Waals surface area contributed by atoms with Crippen molar-refractivity contribution in [1.29, 1.82) is 0 Å². The molecule has 1 unspecified atom stereocenters. The molecule has 0 spiro atoms. The molecular formula is C17H19FN2O4S. The van der Waals surface area contributed by atoms with E-state index in [0.29, 0.717) is 22.9 Å². The highest BCUT2D eigenvalue weighted by Gasteiger charge is 2.32. The number of pyridine rings is 1. The van der Waals surface area contributed by atoms with Crippen LogP contribution in [0.2, 0.25) is 0 Å². The van der Waals surface area contributed by atoms with E-state index in [9.17, 15) is 22.4 Å². The molecule has 0 saturated carbocycles. The number of aryl methyl sites for hydroxylation is 1. The lowest BCUT2D eigenvalue weighted by molar-refractivity contribution is -0.131. The van der Waals surface area contributed by atoms with Crippen LogP contribution in [0.1, 0.15) is 18.4 Å².